The van der Waals surface area contributed by atoms with Crippen LogP contribution in [0.25, 0.3) is 5.65 Å². The molecule has 0 saturated heterocycles. The van der Waals surface area contributed by atoms with E-state index < -0.39 is 0 Å². The van der Waals surface area contributed by atoms with Crippen molar-refractivity contribution in [1.29, 1.82) is 5.26 Å². The molecule has 88 valence electrons. The minimum absolute atomic E-state index is 0.362. The Hall–Kier alpha value is -1.31. The van der Waals surface area contributed by atoms with Crippen LogP contribution in [-0.4, -0.2) is 14.6 Å². The summed E-state index contributed by atoms with van der Waals surface area (Å²) in [6, 6.07) is 3.68. The van der Waals surface area contributed by atoms with Crippen LogP contribution in [-0.2, 0) is 6.42 Å². The van der Waals surface area contributed by atoms with Crippen molar-refractivity contribution in [3.8, 4) is 6.07 Å². The summed E-state index contributed by atoms with van der Waals surface area (Å²) < 4.78 is 1.56. The molecule has 2 aromatic rings. The molecule has 0 aromatic carbocycles. The zero-order valence-corrected chi connectivity index (χ0v) is 10.5. The van der Waals surface area contributed by atoms with Crippen LogP contribution >= 0.6 is 23.2 Å². The smallest absolute Gasteiger partial charge is 0.161 e. The van der Waals surface area contributed by atoms with Crippen LogP contribution in [0.1, 0.15) is 24.8 Å². The number of aryl methyl sites for hydroxylation is 1. The van der Waals surface area contributed by atoms with E-state index in [1.165, 1.54) is 0 Å². The van der Waals surface area contributed by atoms with Crippen LogP contribution in [0.5, 0.6) is 0 Å². The number of unbranched alkanes of at least 4 members (excludes halogenated alkanes) is 2. The first-order valence-electron chi connectivity index (χ1n) is 5.28. The lowest BCUT2D eigenvalue weighted by Gasteiger charge is -2.00. The summed E-state index contributed by atoms with van der Waals surface area (Å²) in [4.78, 5) is 4.21. The minimum Gasteiger partial charge on any atom is -0.216 e. The second kappa shape index (κ2) is 5.35. The lowest BCUT2D eigenvalue weighted by molar-refractivity contribution is 0.754. The topological polar surface area (TPSA) is 54.0 Å². The van der Waals surface area contributed by atoms with Gasteiger partial charge in [0.25, 0.3) is 0 Å². The van der Waals surface area contributed by atoms with Gasteiger partial charge in [-0.1, -0.05) is 23.2 Å². The van der Waals surface area contributed by atoms with Crippen molar-refractivity contribution >= 4 is 28.8 Å². The summed E-state index contributed by atoms with van der Waals surface area (Å²) in [5, 5.41) is 13.4. The molecule has 0 atom stereocenters. The summed E-state index contributed by atoms with van der Waals surface area (Å²) in [5.41, 5.74) is 1.70. The fourth-order valence-electron chi connectivity index (χ4n) is 1.64. The highest BCUT2D eigenvalue weighted by Gasteiger charge is 2.09. The van der Waals surface area contributed by atoms with E-state index in [0.717, 1.165) is 24.8 Å². The predicted octanol–water partition coefficient (Wildman–Crippen LogP) is 3.27. The van der Waals surface area contributed by atoms with E-state index in [1.54, 1.807) is 16.8 Å². The van der Waals surface area contributed by atoms with Crippen molar-refractivity contribution in [2.24, 2.45) is 0 Å². The van der Waals surface area contributed by atoms with Gasteiger partial charge >= 0.3 is 0 Å². The van der Waals surface area contributed by atoms with Gasteiger partial charge in [0.15, 0.2) is 5.65 Å². The number of nitrogens with zero attached hydrogens (tertiary/aromatic N) is 4. The zero-order valence-electron chi connectivity index (χ0n) is 9.03. The number of hydrogen-bond acceptors (Lipinski definition) is 3. The summed E-state index contributed by atoms with van der Waals surface area (Å²) >= 11 is 11.8. The molecule has 2 heterocycles. The lowest BCUT2D eigenvalue weighted by Crippen LogP contribution is -1.94. The molecule has 0 aliphatic rings. The molecule has 17 heavy (non-hydrogen) atoms. The van der Waals surface area contributed by atoms with Gasteiger partial charge in [0.2, 0.25) is 0 Å². The minimum atomic E-state index is 0.362. The van der Waals surface area contributed by atoms with Gasteiger partial charge in [0.1, 0.15) is 10.3 Å². The number of hydrogen-bond donors (Lipinski definition) is 0. The number of rotatable bonds is 4. The highest BCUT2D eigenvalue weighted by atomic mass is 35.5. The Balaban J connectivity index is 2.21. The molecule has 0 bridgehead atoms. The van der Waals surface area contributed by atoms with Crippen LogP contribution in [0, 0.1) is 11.3 Å². The highest BCUT2D eigenvalue weighted by molar-refractivity contribution is 6.33. The molecule has 0 aliphatic heterocycles. The zero-order chi connectivity index (χ0) is 12.3. The maximum absolute atomic E-state index is 8.45. The SMILES string of the molecule is N#CCCCCc1cnn2c(Cl)cc(Cl)nc12. The summed E-state index contributed by atoms with van der Waals surface area (Å²) in [7, 11) is 0. The highest BCUT2D eigenvalue weighted by Crippen LogP contribution is 2.20. The molecule has 0 unspecified atom stereocenters. The van der Waals surface area contributed by atoms with E-state index in [9.17, 15) is 0 Å². The van der Waals surface area contributed by atoms with Crippen molar-refractivity contribution in [1.82, 2.24) is 14.6 Å². The van der Waals surface area contributed by atoms with Crippen LogP contribution in [0.15, 0.2) is 12.3 Å². The molecule has 0 aliphatic carbocycles. The Morgan fingerprint density at radius 3 is 2.94 bits per heavy atom. The third-order valence-corrected chi connectivity index (χ3v) is 2.92. The van der Waals surface area contributed by atoms with Crippen molar-refractivity contribution in [3.63, 3.8) is 0 Å². The first-order valence-corrected chi connectivity index (χ1v) is 6.03. The molecule has 4 nitrogen and oxygen atoms in total. The van der Waals surface area contributed by atoms with Gasteiger partial charge in [-0.25, -0.2) is 9.50 Å². The van der Waals surface area contributed by atoms with Gasteiger partial charge in [-0.2, -0.15) is 10.4 Å². The quantitative estimate of drug-likeness (QED) is 0.632. The molecular formula is C11H10Cl2N4. The first kappa shape index (κ1) is 12.2. The van der Waals surface area contributed by atoms with E-state index in [4.69, 9.17) is 28.5 Å². The second-order valence-electron chi connectivity index (χ2n) is 3.67. The van der Waals surface area contributed by atoms with Crippen molar-refractivity contribution < 1.29 is 0 Å². The number of halogens is 2. The van der Waals surface area contributed by atoms with Gasteiger partial charge in [-0.05, 0) is 19.3 Å². The lowest BCUT2D eigenvalue weighted by atomic mass is 10.1. The second-order valence-corrected chi connectivity index (χ2v) is 4.45. The van der Waals surface area contributed by atoms with E-state index in [2.05, 4.69) is 16.2 Å². The molecule has 0 saturated carbocycles. The molecular weight excluding hydrogens is 259 g/mol. The molecule has 0 N–H and O–H groups in total. The number of nitriles is 1. The normalized spacial score (nSPS) is 10.6. The Morgan fingerprint density at radius 1 is 1.35 bits per heavy atom. The van der Waals surface area contributed by atoms with Gasteiger partial charge in [-0.3, -0.25) is 0 Å². The maximum atomic E-state index is 8.45. The van der Waals surface area contributed by atoms with E-state index in [0.29, 0.717) is 22.4 Å². The average molecular weight is 269 g/mol. The molecule has 0 amide bonds. The van der Waals surface area contributed by atoms with E-state index in [1.807, 2.05) is 0 Å². The third kappa shape index (κ3) is 2.68. The van der Waals surface area contributed by atoms with Crippen molar-refractivity contribution in [2.45, 2.75) is 25.7 Å². The Bertz CT molecular complexity index is 571. The van der Waals surface area contributed by atoms with Gasteiger partial charge in [-0.15, -0.1) is 0 Å². The number of aromatic nitrogens is 3. The van der Waals surface area contributed by atoms with Gasteiger partial charge in [0.05, 0.1) is 12.3 Å². The Morgan fingerprint density at radius 2 is 2.18 bits per heavy atom. The van der Waals surface area contributed by atoms with Crippen LogP contribution in [0.4, 0.5) is 0 Å². The average Bonchev–Trinajstić information content (AvgIpc) is 2.68. The van der Waals surface area contributed by atoms with Crippen LogP contribution in [0.2, 0.25) is 10.3 Å². The first-order chi connectivity index (χ1) is 8.22. The predicted molar refractivity (Wildman–Crippen MR) is 66.2 cm³/mol. The molecule has 0 fully saturated rings. The molecule has 2 rings (SSSR count). The Labute approximate surface area is 109 Å². The largest absolute Gasteiger partial charge is 0.216 e. The fourth-order valence-corrected chi connectivity index (χ4v) is 2.11. The Kier molecular flexibility index (Phi) is 3.82. The molecule has 0 spiro atoms. The maximum Gasteiger partial charge on any atom is 0.161 e. The van der Waals surface area contributed by atoms with Gasteiger partial charge in [0, 0.05) is 18.1 Å². The van der Waals surface area contributed by atoms with Crippen molar-refractivity contribution in [2.75, 3.05) is 0 Å². The van der Waals surface area contributed by atoms with Crippen LogP contribution < -0.4 is 0 Å². The summed E-state index contributed by atoms with van der Waals surface area (Å²) in [6.07, 6.45) is 4.96. The monoisotopic (exact) mass is 268 g/mol. The fraction of sp³-hybridized carbons (Fsp3) is 0.364. The van der Waals surface area contributed by atoms with Crippen LogP contribution in [0.3, 0.4) is 0 Å². The molecule has 6 heteroatoms. The summed E-state index contributed by atoms with van der Waals surface area (Å²) in [6.45, 7) is 0. The third-order valence-electron chi connectivity index (χ3n) is 2.45. The molecule has 2 aromatic heterocycles. The molecule has 0 radical (unpaired) electrons. The number of fused-ring (bicyclic) bond motifs is 1. The standard InChI is InChI=1S/C11H10Cl2N4/c12-9-6-10(13)17-11(16-9)8(7-15-17)4-2-1-3-5-14/h6-7H,1-4H2. The van der Waals surface area contributed by atoms with Crippen molar-refractivity contribution in [3.05, 3.63) is 28.1 Å². The van der Waals surface area contributed by atoms with E-state index >= 15 is 0 Å². The van der Waals surface area contributed by atoms with Gasteiger partial charge < -0.3 is 0 Å². The summed E-state index contributed by atoms with van der Waals surface area (Å²) in [5.74, 6) is 0. The van der Waals surface area contributed by atoms with E-state index in [-0.39, 0.29) is 0 Å².